The van der Waals surface area contributed by atoms with E-state index >= 15 is 0 Å². The third kappa shape index (κ3) is 34.1. The third-order valence-corrected chi connectivity index (χ3v) is 10.8. The second kappa shape index (κ2) is 38.6. The van der Waals surface area contributed by atoms with Crippen LogP contribution in [-0.2, 0) is 66.3 Å². The number of ether oxygens (including phenoxy) is 6. The summed E-state index contributed by atoms with van der Waals surface area (Å²) in [5.41, 5.74) is -0.565. The highest BCUT2D eigenvalue weighted by atomic mass is 31.2. The number of methoxy groups -OCH3 is 3. The van der Waals surface area contributed by atoms with Gasteiger partial charge in [0, 0.05) is 91.2 Å². The zero-order valence-electron chi connectivity index (χ0n) is 37.2. The van der Waals surface area contributed by atoms with Gasteiger partial charge in [-0.3, -0.25) is 28.8 Å². The number of amides is 5. The van der Waals surface area contributed by atoms with E-state index in [1.165, 1.54) is 7.11 Å². The second-order valence-electron chi connectivity index (χ2n) is 14.5. The van der Waals surface area contributed by atoms with Crippen LogP contribution in [0.1, 0.15) is 90.9 Å². The summed E-state index contributed by atoms with van der Waals surface area (Å²) in [6.07, 6.45) is 2.82. The molecule has 0 saturated carbocycles. The number of ketones is 1. The van der Waals surface area contributed by atoms with Gasteiger partial charge in [-0.2, -0.15) is 0 Å². The summed E-state index contributed by atoms with van der Waals surface area (Å²) in [4.78, 5) is 89.2. The van der Waals surface area contributed by atoms with Crippen molar-refractivity contribution in [3.05, 3.63) is 0 Å². The monoisotopic (exact) mass is 897 g/mol. The second-order valence-corrected chi connectivity index (χ2v) is 16.8. The van der Waals surface area contributed by atoms with Crippen molar-refractivity contribution >= 4 is 42.9 Å². The van der Waals surface area contributed by atoms with E-state index in [0.717, 1.165) is 12.8 Å². The zero-order chi connectivity index (χ0) is 45.6. The Labute approximate surface area is 362 Å². The number of Topliss-reactive ketones (excluding diaryl/α,β-unsaturated/α-hetero) is 1. The van der Waals surface area contributed by atoms with Crippen molar-refractivity contribution in [2.75, 3.05) is 114 Å². The number of nitrogens with one attached hydrogen (secondary N) is 5. The highest BCUT2D eigenvalue weighted by Gasteiger charge is 2.26. The number of unbranched alkanes of at least 4 members (excludes halogenated alkanes) is 3. The molecule has 0 aromatic carbocycles. The standard InChI is InChI=1S/C40H76N5O15P/c1-32(2)61(52,53)60-21-9-7-6-8-17-41-36(47)11-10-12-38(49)45-35(40(51)44-20-24-59-30-27-56-5)15-14-34(46)31-33(39(50)43-19-23-58-29-26-55-4)13-16-37(48)42-18-22-57-28-25-54-3/h32-33,35H,6-31H2,1-5H3,(H,41,47)(H,42,48)(H,43,50)(H,44,51)(H,45,49)(H,52,53)/p-1. The molecule has 5 N–H and O–H groups in total. The van der Waals surface area contributed by atoms with Crippen molar-refractivity contribution in [1.29, 1.82) is 0 Å². The highest BCUT2D eigenvalue weighted by Crippen LogP contribution is 2.42. The van der Waals surface area contributed by atoms with Gasteiger partial charge < -0.3 is 69.0 Å². The van der Waals surface area contributed by atoms with Crippen LogP contribution in [-0.4, -0.2) is 161 Å². The SMILES string of the molecule is COCCOCCNC(=O)CCC(CC(=O)CCC(NC(=O)CCCC(=O)NCCCCCCOP(=O)([O-])C(C)C)C(=O)NCCOCCOC)C(=O)NCCOCCOC. The normalized spacial score (nSPS) is 13.2. The molecular weight excluding hydrogens is 821 g/mol. The first kappa shape index (κ1) is 57.9. The van der Waals surface area contributed by atoms with Crippen LogP contribution < -0.4 is 31.5 Å². The van der Waals surface area contributed by atoms with Crippen LogP contribution in [0.3, 0.4) is 0 Å². The van der Waals surface area contributed by atoms with Crippen molar-refractivity contribution in [1.82, 2.24) is 26.6 Å². The van der Waals surface area contributed by atoms with Crippen molar-refractivity contribution in [2.24, 2.45) is 5.92 Å². The quantitative estimate of drug-likeness (QED) is 0.0419. The van der Waals surface area contributed by atoms with Crippen LogP contribution in [0.5, 0.6) is 0 Å². The van der Waals surface area contributed by atoms with Crippen LogP contribution in [0.2, 0.25) is 0 Å². The molecule has 0 aromatic rings. The van der Waals surface area contributed by atoms with E-state index in [2.05, 4.69) is 26.6 Å². The van der Waals surface area contributed by atoms with Gasteiger partial charge in [-0.05, 0) is 32.1 Å². The van der Waals surface area contributed by atoms with Gasteiger partial charge in [0.2, 0.25) is 29.5 Å². The molecule has 3 atom stereocenters. The van der Waals surface area contributed by atoms with Crippen LogP contribution in [0, 0.1) is 5.92 Å². The van der Waals surface area contributed by atoms with Gasteiger partial charge in [0.15, 0.2) is 0 Å². The molecule has 5 amide bonds. The van der Waals surface area contributed by atoms with Crippen LogP contribution >= 0.6 is 7.60 Å². The van der Waals surface area contributed by atoms with Gasteiger partial charge in [-0.15, -0.1) is 0 Å². The largest absolute Gasteiger partial charge is 0.778 e. The topological polar surface area (TPSA) is 267 Å². The molecule has 0 aliphatic heterocycles. The van der Waals surface area contributed by atoms with E-state index < -0.39 is 42.9 Å². The summed E-state index contributed by atoms with van der Waals surface area (Å²) in [7, 11) is 0.822. The molecule has 0 bridgehead atoms. The molecule has 3 unspecified atom stereocenters. The van der Waals surface area contributed by atoms with Crippen molar-refractivity contribution in [2.45, 2.75) is 103 Å². The minimum absolute atomic E-state index is 0.00999. The Morgan fingerprint density at radius 3 is 1.61 bits per heavy atom. The fourth-order valence-corrected chi connectivity index (χ4v) is 6.02. The van der Waals surface area contributed by atoms with Gasteiger partial charge in [-0.25, -0.2) is 0 Å². The summed E-state index contributed by atoms with van der Waals surface area (Å²) in [5, 5.41) is 13.7. The number of carbonyl (C=O) groups is 6. The van der Waals surface area contributed by atoms with E-state index in [-0.39, 0.29) is 108 Å². The number of hydrogen-bond donors (Lipinski definition) is 5. The van der Waals surface area contributed by atoms with Crippen molar-refractivity contribution in [3.63, 3.8) is 0 Å². The Hall–Kier alpha value is -3.07. The van der Waals surface area contributed by atoms with Crippen LogP contribution in [0.4, 0.5) is 0 Å². The molecule has 0 fully saturated rings. The first-order valence-electron chi connectivity index (χ1n) is 21.3. The molecule has 0 aliphatic carbocycles. The molecule has 0 heterocycles. The van der Waals surface area contributed by atoms with Crippen molar-refractivity contribution in [3.8, 4) is 0 Å². The van der Waals surface area contributed by atoms with Gasteiger partial charge in [0.1, 0.15) is 19.4 Å². The lowest BCUT2D eigenvalue weighted by molar-refractivity contribution is -0.200. The number of carbonyl (C=O) groups excluding carboxylic acids is 6. The van der Waals surface area contributed by atoms with E-state index in [9.17, 15) is 38.2 Å². The fraction of sp³-hybridized carbons (Fsp3) is 0.850. The predicted molar refractivity (Wildman–Crippen MR) is 225 cm³/mol. The average Bonchev–Trinajstić information content (AvgIpc) is 3.22. The lowest BCUT2D eigenvalue weighted by Gasteiger charge is -2.26. The Morgan fingerprint density at radius 1 is 0.525 bits per heavy atom. The first-order valence-corrected chi connectivity index (χ1v) is 22.9. The summed E-state index contributed by atoms with van der Waals surface area (Å²) in [6, 6.07) is -1.07. The van der Waals surface area contributed by atoms with Gasteiger partial charge in [-0.1, -0.05) is 26.7 Å². The Morgan fingerprint density at radius 2 is 1.03 bits per heavy atom. The molecule has 0 aliphatic rings. The minimum atomic E-state index is -3.82. The maximum Gasteiger partial charge on any atom is 0.242 e. The average molecular weight is 897 g/mol. The molecule has 61 heavy (non-hydrogen) atoms. The zero-order valence-corrected chi connectivity index (χ0v) is 38.1. The highest BCUT2D eigenvalue weighted by molar-refractivity contribution is 7.52. The molecule has 356 valence electrons. The van der Waals surface area contributed by atoms with E-state index in [1.807, 2.05) is 0 Å². The van der Waals surface area contributed by atoms with Gasteiger partial charge in [0.25, 0.3) is 0 Å². The molecule has 20 nitrogen and oxygen atoms in total. The molecule has 0 aromatic heterocycles. The lowest BCUT2D eigenvalue weighted by Crippen LogP contribution is -2.47. The van der Waals surface area contributed by atoms with E-state index in [1.54, 1.807) is 28.1 Å². The van der Waals surface area contributed by atoms with E-state index in [0.29, 0.717) is 65.6 Å². The predicted octanol–water partition coefficient (Wildman–Crippen LogP) is 0.770. The molecule has 21 heteroatoms. The minimum Gasteiger partial charge on any atom is -0.778 e. The third-order valence-electron chi connectivity index (χ3n) is 8.99. The fourth-order valence-electron chi connectivity index (χ4n) is 5.34. The first-order chi connectivity index (χ1) is 29.3. The lowest BCUT2D eigenvalue weighted by atomic mass is 9.93. The summed E-state index contributed by atoms with van der Waals surface area (Å²) < 4.78 is 47.7. The molecule has 0 radical (unpaired) electrons. The van der Waals surface area contributed by atoms with Crippen LogP contribution in [0.25, 0.3) is 0 Å². The molecule has 0 spiro atoms. The van der Waals surface area contributed by atoms with Crippen molar-refractivity contribution < 1.29 is 71.2 Å². The van der Waals surface area contributed by atoms with E-state index in [4.69, 9.17) is 32.9 Å². The molecule has 0 saturated heterocycles. The summed E-state index contributed by atoms with van der Waals surface area (Å²) >= 11 is 0. The molecule has 0 rings (SSSR count). The van der Waals surface area contributed by atoms with Gasteiger partial charge >= 0.3 is 0 Å². The maximum atomic E-state index is 13.3. The Bertz CT molecular complexity index is 1260. The Balaban J connectivity index is 5.16. The smallest absolute Gasteiger partial charge is 0.242 e. The number of hydrogen-bond acceptors (Lipinski definition) is 15. The molecular formula is C40H75N5O15P-. The summed E-state index contributed by atoms with van der Waals surface area (Å²) in [6.45, 7) is 7.32. The van der Waals surface area contributed by atoms with Gasteiger partial charge in [0.05, 0.1) is 66.1 Å². The van der Waals surface area contributed by atoms with Crippen LogP contribution in [0.15, 0.2) is 0 Å². The number of rotatable bonds is 42. The summed E-state index contributed by atoms with van der Waals surface area (Å²) in [5.74, 6) is -3.10. The maximum absolute atomic E-state index is 13.3. The Kier molecular flexibility index (Phi) is 36.7.